The molecule has 3 N–H and O–H groups in total. The van der Waals surface area contributed by atoms with Crippen molar-refractivity contribution in [2.45, 2.75) is 31.6 Å². The molecule has 3 heterocycles. The Morgan fingerprint density at radius 1 is 1.15 bits per heavy atom. The molecule has 9 nitrogen and oxygen atoms in total. The topological polar surface area (TPSA) is 119 Å². The van der Waals surface area contributed by atoms with Gasteiger partial charge in [-0.1, -0.05) is 30.8 Å². The molecule has 2 aromatic carbocycles. The molecule has 1 saturated heterocycles. The lowest BCUT2D eigenvalue weighted by atomic mass is 10.1. The number of carbonyl (C=O) groups is 2. The molecule has 0 saturated carbocycles. The Balaban J connectivity index is 1.37. The average Bonchev–Trinajstić information content (AvgIpc) is 3.36. The summed E-state index contributed by atoms with van der Waals surface area (Å²) >= 11 is 0. The summed E-state index contributed by atoms with van der Waals surface area (Å²) in [5.74, 6) is -1.93. The van der Waals surface area contributed by atoms with Crippen molar-refractivity contribution in [3.8, 4) is 11.3 Å². The Hall–Kier alpha value is -4.81. The number of rotatable bonds is 6. The first-order chi connectivity index (χ1) is 19.6. The van der Waals surface area contributed by atoms with E-state index in [1.807, 2.05) is 0 Å². The zero-order chi connectivity index (χ0) is 29.3. The maximum Gasteiger partial charge on any atom is 0.416 e. The van der Waals surface area contributed by atoms with Gasteiger partial charge in [-0.25, -0.2) is 19.0 Å². The summed E-state index contributed by atoms with van der Waals surface area (Å²) in [7, 11) is 0. The predicted octanol–water partition coefficient (Wildman–Crippen LogP) is 4.51. The fourth-order valence-electron chi connectivity index (χ4n) is 4.87. The second kappa shape index (κ2) is 11.0. The standard InChI is InChI=1S/C28H25F4N7O2/c1-2-22(40)38-11-3-4-19(14-38)39-26-23(25(33)35-15-36-26)24(37-39)17-7-5-16(6-8-17)13-34-27(41)20-12-18(28(30,31)32)9-10-21(20)29/h2,5-10,12,15,19H,1,3-4,11,13-14H2,(H,34,41)(H2,33,35,36)/t19-/m1/s1. The maximum absolute atomic E-state index is 14.1. The van der Waals surface area contributed by atoms with Gasteiger partial charge >= 0.3 is 6.18 Å². The van der Waals surface area contributed by atoms with E-state index in [1.165, 1.54) is 12.4 Å². The second-order valence-corrected chi connectivity index (χ2v) is 9.61. The number of nitrogens with two attached hydrogens (primary N) is 1. The Kier molecular flexibility index (Phi) is 7.43. The number of alkyl halides is 3. The number of amides is 2. The Labute approximate surface area is 231 Å². The minimum Gasteiger partial charge on any atom is -0.383 e. The molecule has 0 radical (unpaired) electrons. The molecule has 1 atom stereocenters. The third kappa shape index (κ3) is 5.60. The van der Waals surface area contributed by atoms with Crippen molar-refractivity contribution in [1.29, 1.82) is 0 Å². The molecular weight excluding hydrogens is 542 g/mol. The number of nitrogens with one attached hydrogen (secondary N) is 1. The number of fused-ring (bicyclic) bond motifs is 1. The van der Waals surface area contributed by atoms with E-state index in [4.69, 9.17) is 10.8 Å². The number of piperidine rings is 1. The molecule has 1 fully saturated rings. The molecule has 0 bridgehead atoms. The molecule has 212 valence electrons. The highest BCUT2D eigenvalue weighted by molar-refractivity contribution is 5.98. The van der Waals surface area contributed by atoms with E-state index >= 15 is 0 Å². The summed E-state index contributed by atoms with van der Waals surface area (Å²) in [5, 5.41) is 7.82. The van der Waals surface area contributed by atoms with Crippen LogP contribution >= 0.6 is 0 Å². The Morgan fingerprint density at radius 2 is 1.90 bits per heavy atom. The molecule has 2 amide bonds. The highest BCUT2D eigenvalue weighted by atomic mass is 19.4. The summed E-state index contributed by atoms with van der Waals surface area (Å²) in [6, 6.07) is 8.46. The van der Waals surface area contributed by atoms with Crippen LogP contribution in [-0.2, 0) is 17.5 Å². The molecule has 1 aliphatic rings. The van der Waals surface area contributed by atoms with Crippen LogP contribution in [0.5, 0.6) is 0 Å². The van der Waals surface area contributed by atoms with Gasteiger partial charge in [-0.15, -0.1) is 0 Å². The third-order valence-corrected chi connectivity index (χ3v) is 6.97. The zero-order valence-electron chi connectivity index (χ0n) is 21.7. The molecule has 1 aliphatic heterocycles. The van der Waals surface area contributed by atoms with Crippen LogP contribution in [0, 0.1) is 5.82 Å². The second-order valence-electron chi connectivity index (χ2n) is 9.61. The SMILES string of the molecule is C=CC(=O)N1CCC[C@@H](n2nc(-c3ccc(CNC(=O)c4cc(C(F)(F)F)ccc4F)cc3)c3c(N)ncnc32)C1. The maximum atomic E-state index is 14.1. The number of nitrogens with zero attached hydrogens (tertiary/aromatic N) is 5. The van der Waals surface area contributed by atoms with Crippen LogP contribution < -0.4 is 11.1 Å². The van der Waals surface area contributed by atoms with Gasteiger partial charge in [0.25, 0.3) is 5.91 Å². The van der Waals surface area contributed by atoms with E-state index in [2.05, 4.69) is 21.9 Å². The molecule has 4 aromatic rings. The van der Waals surface area contributed by atoms with Crippen LogP contribution in [0.15, 0.2) is 61.4 Å². The van der Waals surface area contributed by atoms with Crippen molar-refractivity contribution in [1.82, 2.24) is 30.0 Å². The number of halogens is 4. The number of nitrogen functional groups attached to an aromatic ring is 1. The minimum absolute atomic E-state index is 0.0511. The fourth-order valence-corrected chi connectivity index (χ4v) is 4.87. The lowest BCUT2D eigenvalue weighted by Gasteiger charge is -2.32. The lowest BCUT2D eigenvalue weighted by molar-refractivity contribution is -0.137. The monoisotopic (exact) mass is 567 g/mol. The number of carbonyl (C=O) groups excluding carboxylic acids is 2. The van der Waals surface area contributed by atoms with Crippen LogP contribution in [0.1, 0.15) is 40.4 Å². The van der Waals surface area contributed by atoms with Gasteiger partial charge in [0.1, 0.15) is 23.7 Å². The first-order valence-corrected chi connectivity index (χ1v) is 12.7. The lowest BCUT2D eigenvalue weighted by Crippen LogP contribution is -2.40. The predicted molar refractivity (Wildman–Crippen MR) is 143 cm³/mol. The van der Waals surface area contributed by atoms with Gasteiger partial charge in [0.05, 0.1) is 22.6 Å². The molecular formula is C28H25F4N7O2. The van der Waals surface area contributed by atoms with Crippen molar-refractivity contribution < 1.29 is 27.2 Å². The van der Waals surface area contributed by atoms with E-state index in [-0.39, 0.29) is 24.3 Å². The smallest absolute Gasteiger partial charge is 0.383 e. The molecule has 0 unspecified atom stereocenters. The average molecular weight is 568 g/mol. The molecule has 0 spiro atoms. The largest absolute Gasteiger partial charge is 0.416 e. The van der Waals surface area contributed by atoms with Crippen molar-refractivity contribution in [2.24, 2.45) is 0 Å². The zero-order valence-corrected chi connectivity index (χ0v) is 21.7. The summed E-state index contributed by atoms with van der Waals surface area (Å²) < 4.78 is 54.8. The first kappa shape index (κ1) is 27.7. The fraction of sp³-hybridized carbons (Fsp3) is 0.250. The van der Waals surface area contributed by atoms with E-state index in [0.717, 1.165) is 12.8 Å². The van der Waals surface area contributed by atoms with Gasteiger partial charge < -0.3 is 16.0 Å². The van der Waals surface area contributed by atoms with Crippen molar-refractivity contribution in [3.05, 3.63) is 84.0 Å². The molecule has 5 rings (SSSR count). The van der Waals surface area contributed by atoms with E-state index < -0.39 is 29.0 Å². The van der Waals surface area contributed by atoms with Crippen LogP contribution in [0.3, 0.4) is 0 Å². The van der Waals surface area contributed by atoms with Gasteiger partial charge in [0.15, 0.2) is 5.65 Å². The Bertz CT molecular complexity index is 1630. The van der Waals surface area contributed by atoms with Crippen LogP contribution in [0.2, 0.25) is 0 Å². The summed E-state index contributed by atoms with van der Waals surface area (Å²) in [6.45, 7) is 4.59. The van der Waals surface area contributed by atoms with E-state index in [0.29, 0.717) is 59.1 Å². The van der Waals surface area contributed by atoms with Gasteiger partial charge in [0.2, 0.25) is 5.91 Å². The molecule has 0 aliphatic carbocycles. The number of hydrogen-bond donors (Lipinski definition) is 2. The van der Waals surface area contributed by atoms with E-state index in [1.54, 1.807) is 33.8 Å². The van der Waals surface area contributed by atoms with Crippen LogP contribution in [0.25, 0.3) is 22.3 Å². The Morgan fingerprint density at radius 3 is 2.61 bits per heavy atom. The first-order valence-electron chi connectivity index (χ1n) is 12.7. The van der Waals surface area contributed by atoms with Gasteiger partial charge in [-0.05, 0) is 42.7 Å². The highest BCUT2D eigenvalue weighted by Gasteiger charge is 2.32. The number of anilines is 1. The molecule has 41 heavy (non-hydrogen) atoms. The number of hydrogen-bond acceptors (Lipinski definition) is 6. The summed E-state index contributed by atoms with van der Waals surface area (Å²) in [5.41, 5.74) is 6.78. The van der Waals surface area contributed by atoms with Crippen LogP contribution in [0.4, 0.5) is 23.4 Å². The third-order valence-electron chi connectivity index (χ3n) is 6.97. The molecule has 13 heteroatoms. The van der Waals surface area contributed by atoms with Gasteiger partial charge in [-0.2, -0.15) is 18.3 Å². The minimum atomic E-state index is -4.70. The number of aromatic nitrogens is 4. The quantitative estimate of drug-likeness (QED) is 0.261. The van der Waals surface area contributed by atoms with Gasteiger partial charge in [0, 0.05) is 25.2 Å². The summed E-state index contributed by atoms with van der Waals surface area (Å²) in [4.78, 5) is 34.9. The van der Waals surface area contributed by atoms with Crippen molar-refractivity contribution in [2.75, 3.05) is 18.8 Å². The highest BCUT2D eigenvalue weighted by Crippen LogP contribution is 2.34. The van der Waals surface area contributed by atoms with Crippen LogP contribution in [-0.4, -0.2) is 49.6 Å². The normalized spacial score (nSPS) is 15.6. The molecule has 2 aromatic heterocycles. The number of benzene rings is 2. The van der Waals surface area contributed by atoms with Crippen molar-refractivity contribution in [3.63, 3.8) is 0 Å². The number of likely N-dealkylation sites (tertiary alicyclic amines) is 1. The van der Waals surface area contributed by atoms with E-state index in [9.17, 15) is 27.2 Å². The summed E-state index contributed by atoms with van der Waals surface area (Å²) in [6.07, 6.45) is -0.495. The van der Waals surface area contributed by atoms with Crippen molar-refractivity contribution >= 4 is 28.7 Å². The van der Waals surface area contributed by atoms with Gasteiger partial charge in [-0.3, -0.25) is 9.59 Å².